The van der Waals surface area contributed by atoms with E-state index in [-0.39, 0.29) is 11.9 Å². The number of hydrogen-bond donors (Lipinski definition) is 1. The van der Waals surface area contributed by atoms with Gasteiger partial charge in [0.2, 0.25) is 0 Å². The standard InChI is InChI=1S/C16H22N4OS/c1-4-14-15(22-19-18-14)16(21)17-11-13(20(2)3)10-12-8-6-5-7-9-12/h5-9,13H,4,10-11H2,1-3H3,(H,17,21). The Bertz CT molecular complexity index is 597. The van der Waals surface area contributed by atoms with Gasteiger partial charge in [0, 0.05) is 12.6 Å². The molecule has 5 nitrogen and oxygen atoms in total. The fourth-order valence-corrected chi connectivity index (χ4v) is 2.89. The average Bonchev–Trinajstić information content (AvgIpc) is 3.00. The monoisotopic (exact) mass is 318 g/mol. The Morgan fingerprint density at radius 3 is 2.68 bits per heavy atom. The van der Waals surface area contributed by atoms with E-state index in [4.69, 9.17) is 0 Å². The topological polar surface area (TPSA) is 58.1 Å². The largest absolute Gasteiger partial charge is 0.350 e. The molecule has 22 heavy (non-hydrogen) atoms. The molecule has 0 aliphatic rings. The molecular weight excluding hydrogens is 296 g/mol. The fourth-order valence-electron chi connectivity index (χ4n) is 2.23. The molecule has 1 heterocycles. The average molecular weight is 318 g/mol. The Kier molecular flexibility index (Phi) is 6.03. The molecule has 1 amide bonds. The molecule has 0 aliphatic heterocycles. The summed E-state index contributed by atoms with van der Waals surface area (Å²) in [5.41, 5.74) is 2.04. The van der Waals surface area contributed by atoms with E-state index in [1.165, 1.54) is 5.56 Å². The van der Waals surface area contributed by atoms with Gasteiger partial charge in [-0.1, -0.05) is 41.7 Å². The van der Waals surface area contributed by atoms with Crippen molar-refractivity contribution < 1.29 is 4.79 Å². The number of carbonyl (C=O) groups is 1. The van der Waals surface area contributed by atoms with Crippen molar-refractivity contribution in [1.82, 2.24) is 19.8 Å². The van der Waals surface area contributed by atoms with Crippen LogP contribution in [0.2, 0.25) is 0 Å². The quantitative estimate of drug-likeness (QED) is 0.848. The van der Waals surface area contributed by atoms with Gasteiger partial charge in [-0.3, -0.25) is 4.79 Å². The lowest BCUT2D eigenvalue weighted by Gasteiger charge is -2.24. The van der Waals surface area contributed by atoms with Crippen LogP contribution in [0.15, 0.2) is 30.3 Å². The minimum Gasteiger partial charge on any atom is -0.350 e. The van der Waals surface area contributed by atoms with Crippen molar-refractivity contribution in [3.63, 3.8) is 0 Å². The third kappa shape index (κ3) is 4.35. The third-order valence-corrected chi connectivity index (χ3v) is 4.41. The van der Waals surface area contributed by atoms with Crippen molar-refractivity contribution in [2.24, 2.45) is 0 Å². The molecule has 0 saturated carbocycles. The molecule has 1 atom stereocenters. The molecule has 0 saturated heterocycles. The first-order chi connectivity index (χ1) is 10.6. The summed E-state index contributed by atoms with van der Waals surface area (Å²) < 4.78 is 3.86. The first-order valence-corrected chi connectivity index (χ1v) is 8.19. The van der Waals surface area contributed by atoms with Gasteiger partial charge in [-0.25, -0.2) is 0 Å². The maximum atomic E-state index is 12.3. The van der Waals surface area contributed by atoms with Gasteiger partial charge in [-0.2, -0.15) is 0 Å². The van der Waals surface area contributed by atoms with E-state index in [9.17, 15) is 4.79 Å². The minimum absolute atomic E-state index is 0.0771. The number of nitrogens with zero attached hydrogens (tertiary/aromatic N) is 3. The summed E-state index contributed by atoms with van der Waals surface area (Å²) in [6.07, 6.45) is 1.62. The number of aryl methyl sites for hydroxylation is 1. The fraction of sp³-hybridized carbons (Fsp3) is 0.438. The number of aromatic nitrogens is 2. The second-order valence-electron chi connectivity index (χ2n) is 5.42. The molecule has 0 fully saturated rings. The van der Waals surface area contributed by atoms with Crippen LogP contribution in [0.1, 0.15) is 27.9 Å². The van der Waals surface area contributed by atoms with E-state index in [1.807, 2.05) is 39.2 Å². The van der Waals surface area contributed by atoms with Crippen LogP contribution in [0, 0.1) is 0 Å². The van der Waals surface area contributed by atoms with Crippen molar-refractivity contribution in [2.45, 2.75) is 25.8 Å². The molecular formula is C16H22N4OS. The summed E-state index contributed by atoms with van der Waals surface area (Å²) in [5.74, 6) is -0.0771. The summed E-state index contributed by atoms with van der Waals surface area (Å²) >= 11 is 1.16. The number of rotatable bonds is 7. The number of likely N-dealkylation sites (N-methyl/N-ethyl adjacent to an activating group) is 1. The molecule has 1 N–H and O–H groups in total. The first-order valence-electron chi connectivity index (χ1n) is 7.41. The third-order valence-electron chi connectivity index (χ3n) is 3.64. The van der Waals surface area contributed by atoms with E-state index < -0.39 is 0 Å². The number of hydrogen-bond acceptors (Lipinski definition) is 5. The Hall–Kier alpha value is -1.79. The number of amides is 1. The van der Waals surface area contributed by atoms with Gasteiger partial charge in [-0.05, 0) is 44.0 Å². The van der Waals surface area contributed by atoms with Gasteiger partial charge in [0.15, 0.2) is 0 Å². The Balaban J connectivity index is 1.96. The Morgan fingerprint density at radius 1 is 1.32 bits per heavy atom. The molecule has 2 aromatic rings. The molecule has 0 aliphatic carbocycles. The van der Waals surface area contributed by atoms with Crippen LogP contribution in [0.4, 0.5) is 0 Å². The summed E-state index contributed by atoms with van der Waals surface area (Å²) in [5, 5.41) is 6.99. The predicted molar refractivity (Wildman–Crippen MR) is 89.2 cm³/mol. The smallest absolute Gasteiger partial charge is 0.265 e. The van der Waals surface area contributed by atoms with Crippen molar-refractivity contribution in [3.8, 4) is 0 Å². The van der Waals surface area contributed by atoms with Crippen LogP contribution in [0.25, 0.3) is 0 Å². The van der Waals surface area contributed by atoms with Gasteiger partial charge < -0.3 is 10.2 Å². The second kappa shape index (κ2) is 8.00. The molecule has 0 bridgehead atoms. The van der Waals surface area contributed by atoms with Crippen LogP contribution >= 0.6 is 11.5 Å². The van der Waals surface area contributed by atoms with E-state index >= 15 is 0 Å². The van der Waals surface area contributed by atoms with Gasteiger partial charge in [0.05, 0.1) is 5.69 Å². The van der Waals surface area contributed by atoms with Gasteiger partial charge in [-0.15, -0.1) is 5.10 Å². The summed E-state index contributed by atoms with van der Waals surface area (Å²) in [6, 6.07) is 10.6. The van der Waals surface area contributed by atoms with E-state index in [0.29, 0.717) is 11.4 Å². The molecule has 1 unspecified atom stereocenters. The predicted octanol–water partition coefficient (Wildman–Crippen LogP) is 2.00. The lowest BCUT2D eigenvalue weighted by molar-refractivity contribution is 0.0944. The summed E-state index contributed by atoms with van der Waals surface area (Å²) in [4.78, 5) is 15.0. The summed E-state index contributed by atoms with van der Waals surface area (Å²) in [6.45, 7) is 2.58. The molecule has 0 spiro atoms. The molecule has 118 valence electrons. The molecule has 2 rings (SSSR count). The highest BCUT2D eigenvalue weighted by Gasteiger charge is 2.18. The van der Waals surface area contributed by atoms with Crippen LogP contribution in [-0.4, -0.2) is 47.1 Å². The van der Waals surface area contributed by atoms with Crippen molar-refractivity contribution in [3.05, 3.63) is 46.5 Å². The van der Waals surface area contributed by atoms with E-state index in [2.05, 4.69) is 31.9 Å². The van der Waals surface area contributed by atoms with Crippen molar-refractivity contribution in [1.29, 1.82) is 0 Å². The number of carbonyl (C=O) groups excluding carboxylic acids is 1. The highest BCUT2D eigenvalue weighted by molar-refractivity contribution is 7.08. The normalized spacial score (nSPS) is 12.4. The van der Waals surface area contributed by atoms with Gasteiger partial charge in [0.25, 0.3) is 5.91 Å². The molecule has 0 radical (unpaired) electrons. The number of benzene rings is 1. The maximum absolute atomic E-state index is 12.3. The zero-order chi connectivity index (χ0) is 15.9. The van der Waals surface area contributed by atoms with E-state index in [0.717, 1.165) is 30.1 Å². The van der Waals surface area contributed by atoms with Crippen LogP contribution in [0.3, 0.4) is 0 Å². The SMILES string of the molecule is CCc1nnsc1C(=O)NCC(Cc1ccccc1)N(C)C. The highest BCUT2D eigenvalue weighted by Crippen LogP contribution is 2.11. The summed E-state index contributed by atoms with van der Waals surface area (Å²) in [7, 11) is 4.07. The van der Waals surface area contributed by atoms with Crippen molar-refractivity contribution >= 4 is 17.4 Å². The molecule has 1 aromatic carbocycles. The van der Waals surface area contributed by atoms with Gasteiger partial charge in [0.1, 0.15) is 4.88 Å². The van der Waals surface area contributed by atoms with Crippen LogP contribution < -0.4 is 5.32 Å². The zero-order valence-electron chi connectivity index (χ0n) is 13.2. The highest BCUT2D eigenvalue weighted by atomic mass is 32.1. The first kappa shape index (κ1) is 16.6. The van der Waals surface area contributed by atoms with Crippen molar-refractivity contribution in [2.75, 3.05) is 20.6 Å². The van der Waals surface area contributed by atoms with Crippen LogP contribution in [0.5, 0.6) is 0 Å². The van der Waals surface area contributed by atoms with Gasteiger partial charge >= 0.3 is 0 Å². The Labute approximate surface area is 135 Å². The number of nitrogens with one attached hydrogen (secondary N) is 1. The minimum atomic E-state index is -0.0771. The maximum Gasteiger partial charge on any atom is 0.265 e. The molecule has 6 heteroatoms. The lowest BCUT2D eigenvalue weighted by atomic mass is 10.1. The molecule has 1 aromatic heterocycles. The lowest BCUT2D eigenvalue weighted by Crippen LogP contribution is -2.41. The van der Waals surface area contributed by atoms with Crippen LogP contribution in [-0.2, 0) is 12.8 Å². The second-order valence-corrected chi connectivity index (χ2v) is 6.17. The zero-order valence-corrected chi connectivity index (χ0v) is 14.1. The van der Waals surface area contributed by atoms with E-state index in [1.54, 1.807) is 0 Å². The Morgan fingerprint density at radius 2 is 2.05 bits per heavy atom.